The average Bonchev–Trinajstić information content (AvgIpc) is 2.51. The molecule has 0 aromatic heterocycles. The lowest BCUT2D eigenvalue weighted by atomic mass is 10.1. The zero-order valence-electron chi connectivity index (χ0n) is 13.1. The van der Waals surface area contributed by atoms with Crippen LogP contribution in [0, 0.1) is 6.92 Å². The number of amides is 2. The van der Waals surface area contributed by atoms with E-state index in [9.17, 15) is 4.79 Å². The van der Waals surface area contributed by atoms with E-state index >= 15 is 0 Å². The summed E-state index contributed by atoms with van der Waals surface area (Å²) < 4.78 is 5.36. The van der Waals surface area contributed by atoms with Crippen LogP contribution < -0.4 is 15.4 Å². The summed E-state index contributed by atoms with van der Waals surface area (Å²) in [4.78, 5) is 11.8. The number of benzene rings is 2. The van der Waals surface area contributed by atoms with Crippen molar-refractivity contribution in [1.29, 1.82) is 0 Å². The largest absolute Gasteiger partial charge is 0.494 e. The molecular formula is C18H22N2O2. The number of nitrogens with one attached hydrogen (secondary N) is 2. The van der Waals surface area contributed by atoms with Gasteiger partial charge in [-0.3, -0.25) is 0 Å². The highest BCUT2D eigenvalue weighted by molar-refractivity contribution is 5.89. The SMILES string of the molecule is CCOc1ccc(NC(=O)NCCc2ccc(C)cc2)cc1. The second kappa shape index (κ2) is 8.08. The smallest absolute Gasteiger partial charge is 0.319 e. The Kier molecular flexibility index (Phi) is 5.83. The van der Waals surface area contributed by atoms with Crippen molar-refractivity contribution in [2.45, 2.75) is 20.3 Å². The minimum Gasteiger partial charge on any atom is -0.494 e. The van der Waals surface area contributed by atoms with Crippen LogP contribution in [0.1, 0.15) is 18.1 Å². The summed E-state index contributed by atoms with van der Waals surface area (Å²) in [5.41, 5.74) is 3.20. The lowest BCUT2D eigenvalue weighted by molar-refractivity contribution is 0.252. The van der Waals surface area contributed by atoms with Crippen molar-refractivity contribution in [3.8, 4) is 5.75 Å². The fourth-order valence-electron chi connectivity index (χ4n) is 2.05. The summed E-state index contributed by atoms with van der Waals surface area (Å²) in [7, 11) is 0. The lowest BCUT2D eigenvalue weighted by Gasteiger charge is -2.09. The first-order valence-corrected chi connectivity index (χ1v) is 7.50. The second-order valence-corrected chi connectivity index (χ2v) is 5.07. The molecule has 2 aromatic rings. The van der Waals surface area contributed by atoms with Gasteiger partial charge in [-0.05, 0) is 50.1 Å². The molecule has 0 fully saturated rings. The maximum atomic E-state index is 11.8. The van der Waals surface area contributed by atoms with Gasteiger partial charge in [-0.25, -0.2) is 4.79 Å². The van der Waals surface area contributed by atoms with Crippen LogP contribution in [0.25, 0.3) is 0 Å². The molecule has 0 saturated carbocycles. The van der Waals surface area contributed by atoms with E-state index in [2.05, 4.69) is 41.8 Å². The van der Waals surface area contributed by atoms with Gasteiger partial charge in [-0.2, -0.15) is 0 Å². The van der Waals surface area contributed by atoms with Crippen LogP contribution in [0.4, 0.5) is 10.5 Å². The van der Waals surface area contributed by atoms with Crippen molar-refractivity contribution in [2.24, 2.45) is 0 Å². The van der Waals surface area contributed by atoms with Crippen LogP contribution in [0.2, 0.25) is 0 Å². The molecule has 0 aliphatic carbocycles. The first-order valence-electron chi connectivity index (χ1n) is 7.50. The Balaban J connectivity index is 1.74. The van der Waals surface area contributed by atoms with Gasteiger partial charge in [0.15, 0.2) is 0 Å². The zero-order valence-corrected chi connectivity index (χ0v) is 13.1. The third-order valence-corrected chi connectivity index (χ3v) is 3.24. The highest BCUT2D eigenvalue weighted by atomic mass is 16.5. The summed E-state index contributed by atoms with van der Waals surface area (Å²) >= 11 is 0. The van der Waals surface area contributed by atoms with Crippen molar-refractivity contribution in [3.63, 3.8) is 0 Å². The highest BCUT2D eigenvalue weighted by Gasteiger charge is 2.02. The first-order chi connectivity index (χ1) is 10.7. The van der Waals surface area contributed by atoms with E-state index < -0.39 is 0 Å². The molecule has 0 atom stereocenters. The maximum Gasteiger partial charge on any atom is 0.319 e. The van der Waals surface area contributed by atoms with Crippen LogP contribution in [0.5, 0.6) is 5.75 Å². The predicted octanol–water partition coefficient (Wildman–Crippen LogP) is 3.76. The molecule has 0 radical (unpaired) electrons. The third kappa shape index (κ3) is 5.13. The van der Waals surface area contributed by atoms with Gasteiger partial charge in [0.2, 0.25) is 0 Å². The number of anilines is 1. The molecule has 0 saturated heterocycles. The zero-order chi connectivity index (χ0) is 15.8. The molecule has 0 aliphatic heterocycles. The molecule has 2 rings (SSSR count). The van der Waals surface area contributed by atoms with Gasteiger partial charge in [-0.1, -0.05) is 29.8 Å². The summed E-state index contributed by atoms with van der Waals surface area (Å²) in [6, 6.07) is 15.5. The fourth-order valence-corrected chi connectivity index (χ4v) is 2.05. The fraction of sp³-hybridized carbons (Fsp3) is 0.278. The van der Waals surface area contributed by atoms with Gasteiger partial charge >= 0.3 is 6.03 Å². The highest BCUT2D eigenvalue weighted by Crippen LogP contribution is 2.15. The van der Waals surface area contributed by atoms with E-state index in [1.165, 1.54) is 11.1 Å². The Labute approximate surface area is 131 Å². The van der Waals surface area contributed by atoms with E-state index in [-0.39, 0.29) is 6.03 Å². The average molecular weight is 298 g/mol. The van der Waals surface area contributed by atoms with Crippen LogP contribution in [-0.2, 0) is 6.42 Å². The van der Waals surface area contributed by atoms with E-state index in [1.807, 2.05) is 31.2 Å². The van der Waals surface area contributed by atoms with Crippen molar-refractivity contribution < 1.29 is 9.53 Å². The molecule has 0 unspecified atom stereocenters. The Bertz CT molecular complexity index is 591. The number of carbonyl (C=O) groups excluding carboxylic acids is 1. The van der Waals surface area contributed by atoms with Gasteiger partial charge < -0.3 is 15.4 Å². The van der Waals surface area contributed by atoms with Crippen LogP contribution in [0.3, 0.4) is 0 Å². The van der Waals surface area contributed by atoms with E-state index in [1.54, 1.807) is 0 Å². The van der Waals surface area contributed by atoms with Crippen molar-refractivity contribution in [3.05, 3.63) is 59.7 Å². The quantitative estimate of drug-likeness (QED) is 0.853. The van der Waals surface area contributed by atoms with Gasteiger partial charge in [-0.15, -0.1) is 0 Å². The summed E-state index contributed by atoms with van der Waals surface area (Å²) in [6.07, 6.45) is 0.816. The number of urea groups is 1. The summed E-state index contributed by atoms with van der Waals surface area (Å²) in [5.74, 6) is 0.799. The molecule has 0 bridgehead atoms. The molecule has 2 amide bonds. The lowest BCUT2D eigenvalue weighted by Crippen LogP contribution is -2.30. The number of hydrogen-bond donors (Lipinski definition) is 2. The van der Waals surface area contributed by atoms with Crippen molar-refractivity contribution in [2.75, 3.05) is 18.5 Å². The minimum atomic E-state index is -0.198. The van der Waals surface area contributed by atoms with E-state index in [0.29, 0.717) is 13.2 Å². The number of hydrogen-bond acceptors (Lipinski definition) is 2. The van der Waals surface area contributed by atoms with Crippen molar-refractivity contribution >= 4 is 11.7 Å². The third-order valence-electron chi connectivity index (χ3n) is 3.24. The Morgan fingerprint density at radius 1 is 1.05 bits per heavy atom. The Morgan fingerprint density at radius 2 is 1.73 bits per heavy atom. The number of rotatable bonds is 6. The molecule has 116 valence electrons. The molecule has 4 heteroatoms. The summed E-state index contributed by atoms with van der Waals surface area (Å²) in [6.45, 7) is 5.23. The molecule has 0 spiro atoms. The van der Waals surface area contributed by atoms with Gasteiger partial charge in [0.1, 0.15) is 5.75 Å². The van der Waals surface area contributed by atoms with Crippen LogP contribution in [0.15, 0.2) is 48.5 Å². The number of carbonyl (C=O) groups is 1. The Hall–Kier alpha value is -2.49. The number of aryl methyl sites for hydroxylation is 1. The standard InChI is InChI=1S/C18H22N2O2/c1-3-22-17-10-8-16(9-11-17)20-18(21)19-13-12-15-6-4-14(2)5-7-15/h4-11H,3,12-13H2,1-2H3,(H2,19,20,21). The molecule has 22 heavy (non-hydrogen) atoms. The molecule has 0 heterocycles. The predicted molar refractivity (Wildman–Crippen MR) is 89.5 cm³/mol. The monoisotopic (exact) mass is 298 g/mol. The number of ether oxygens (including phenoxy) is 1. The van der Waals surface area contributed by atoms with Crippen molar-refractivity contribution in [1.82, 2.24) is 5.32 Å². The molecule has 2 N–H and O–H groups in total. The van der Waals surface area contributed by atoms with E-state index in [4.69, 9.17) is 4.74 Å². The normalized spacial score (nSPS) is 10.1. The van der Waals surface area contributed by atoms with E-state index in [0.717, 1.165) is 17.9 Å². The van der Waals surface area contributed by atoms with Crippen LogP contribution in [-0.4, -0.2) is 19.2 Å². The maximum absolute atomic E-state index is 11.8. The van der Waals surface area contributed by atoms with Gasteiger partial charge in [0.05, 0.1) is 6.61 Å². The first kappa shape index (κ1) is 15.9. The molecular weight excluding hydrogens is 276 g/mol. The topological polar surface area (TPSA) is 50.4 Å². The van der Waals surface area contributed by atoms with Crippen LogP contribution >= 0.6 is 0 Å². The van der Waals surface area contributed by atoms with Gasteiger partial charge in [0.25, 0.3) is 0 Å². The molecule has 4 nitrogen and oxygen atoms in total. The second-order valence-electron chi connectivity index (χ2n) is 5.07. The Morgan fingerprint density at radius 3 is 2.36 bits per heavy atom. The van der Waals surface area contributed by atoms with Gasteiger partial charge in [0, 0.05) is 12.2 Å². The molecule has 2 aromatic carbocycles. The molecule has 0 aliphatic rings. The summed E-state index contributed by atoms with van der Waals surface area (Å²) in [5, 5.41) is 5.65. The minimum absolute atomic E-state index is 0.198.